The molecule has 4 nitrogen and oxygen atoms in total. The van der Waals surface area contributed by atoms with E-state index in [1.807, 2.05) is 24.3 Å². The second-order valence-corrected chi connectivity index (χ2v) is 5.60. The Morgan fingerprint density at radius 3 is 2.75 bits per heavy atom. The molecule has 0 fully saturated rings. The van der Waals surface area contributed by atoms with Crippen molar-refractivity contribution in [3.8, 4) is 0 Å². The summed E-state index contributed by atoms with van der Waals surface area (Å²) in [6.45, 7) is 5.40. The van der Waals surface area contributed by atoms with Crippen molar-refractivity contribution in [1.82, 2.24) is 5.32 Å². The Morgan fingerprint density at radius 2 is 2.10 bits per heavy atom. The first-order chi connectivity index (χ1) is 9.65. The van der Waals surface area contributed by atoms with E-state index in [0.717, 1.165) is 24.1 Å². The molecule has 1 heterocycles. The molecule has 1 aromatic carbocycles. The van der Waals surface area contributed by atoms with Crippen LogP contribution in [0.25, 0.3) is 0 Å². The number of aliphatic hydroxyl groups is 1. The maximum Gasteiger partial charge on any atom is 0.229 e. The number of carbonyl (C=O) groups is 1. The number of para-hydroxylation sites is 1. The highest BCUT2D eigenvalue weighted by atomic mass is 16.3. The van der Waals surface area contributed by atoms with Crippen LogP contribution in [-0.2, 0) is 4.79 Å². The molecule has 0 aromatic heterocycles. The smallest absolute Gasteiger partial charge is 0.229 e. The number of hydrogen-bond acceptors (Lipinski definition) is 3. The molecule has 2 rings (SSSR count). The average Bonchev–Trinajstić information content (AvgIpc) is 2.93. The van der Waals surface area contributed by atoms with Crippen LogP contribution in [0.3, 0.4) is 0 Å². The second-order valence-electron chi connectivity index (χ2n) is 5.60. The van der Waals surface area contributed by atoms with Gasteiger partial charge in [-0.25, -0.2) is 0 Å². The van der Waals surface area contributed by atoms with Gasteiger partial charge in [0, 0.05) is 24.2 Å². The van der Waals surface area contributed by atoms with E-state index in [9.17, 15) is 9.90 Å². The van der Waals surface area contributed by atoms with Gasteiger partial charge in [-0.05, 0) is 24.5 Å². The minimum atomic E-state index is -0.193. The number of rotatable bonds is 6. The molecule has 0 radical (unpaired) electrons. The van der Waals surface area contributed by atoms with Crippen LogP contribution < -0.4 is 10.6 Å². The van der Waals surface area contributed by atoms with Gasteiger partial charge in [-0.15, -0.1) is 0 Å². The topological polar surface area (TPSA) is 61.4 Å². The van der Waals surface area contributed by atoms with Gasteiger partial charge in [0.1, 0.15) is 0 Å². The van der Waals surface area contributed by atoms with Crippen molar-refractivity contribution >= 4 is 11.6 Å². The molecule has 110 valence electrons. The normalized spacial score (nSPS) is 17.4. The summed E-state index contributed by atoms with van der Waals surface area (Å²) in [6, 6.07) is 7.93. The largest absolute Gasteiger partial charge is 0.396 e. The molecule has 0 bridgehead atoms. The van der Waals surface area contributed by atoms with Crippen LogP contribution in [0, 0.1) is 5.41 Å². The van der Waals surface area contributed by atoms with E-state index in [4.69, 9.17) is 0 Å². The summed E-state index contributed by atoms with van der Waals surface area (Å²) in [5, 5.41) is 15.8. The first-order valence-electron chi connectivity index (χ1n) is 7.37. The fourth-order valence-electron chi connectivity index (χ4n) is 2.70. The van der Waals surface area contributed by atoms with Gasteiger partial charge < -0.3 is 15.7 Å². The van der Waals surface area contributed by atoms with Gasteiger partial charge in [0.15, 0.2) is 0 Å². The van der Waals surface area contributed by atoms with E-state index in [1.165, 1.54) is 0 Å². The highest BCUT2D eigenvalue weighted by molar-refractivity contribution is 5.88. The maximum absolute atomic E-state index is 12.4. The molecule has 1 atom stereocenters. The molecule has 4 heteroatoms. The van der Waals surface area contributed by atoms with Crippen LogP contribution >= 0.6 is 0 Å². The zero-order chi connectivity index (χ0) is 14.6. The lowest BCUT2D eigenvalue weighted by atomic mass is 9.83. The Kier molecular flexibility index (Phi) is 4.65. The van der Waals surface area contributed by atoms with Crippen LogP contribution in [0.15, 0.2) is 24.3 Å². The molecule has 1 unspecified atom stereocenters. The SMILES string of the molecule is CCC(CC)(CO)CNC(=O)C1CNc2ccccc21. The van der Waals surface area contributed by atoms with Crippen LogP contribution in [0.5, 0.6) is 0 Å². The molecule has 1 aliphatic rings. The Bertz CT molecular complexity index is 461. The van der Waals surface area contributed by atoms with E-state index >= 15 is 0 Å². The Morgan fingerprint density at radius 1 is 1.40 bits per heavy atom. The number of fused-ring (bicyclic) bond motifs is 1. The second kappa shape index (κ2) is 6.27. The van der Waals surface area contributed by atoms with Crippen molar-refractivity contribution in [3.05, 3.63) is 29.8 Å². The van der Waals surface area contributed by atoms with Gasteiger partial charge in [-0.3, -0.25) is 4.79 Å². The summed E-state index contributed by atoms with van der Waals surface area (Å²) in [6.07, 6.45) is 1.72. The predicted octanol–water partition coefficient (Wildman–Crippen LogP) is 2.11. The van der Waals surface area contributed by atoms with Crippen molar-refractivity contribution in [2.75, 3.05) is 25.0 Å². The summed E-state index contributed by atoms with van der Waals surface area (Å²) < 4.78 is 0. The molecule has 0 spiro atoms. The molecular formula is C16H24N2O2. The monoisotopic (exact) mass is 276 g/mol. The first-order valence-corrected chi connectivity index (χ1v) is 7.37. The number of benzene rings is 1. The fourth-order valence-corrected chi connectivity index (χ4v) is 2.70. The zero-order valence-electron chi connectivity index (χ0n) is 12.3. The molecule has 3 N–H and O–H groups in total. The van der Waals surface area contributed by atoms with Crippen LogP contribution in [0.2, 0.25) is 0 Å². The fraction of sp³-hybridized carbons (Fsp3) is 0.562. The Balaban J connectivity index is 2.00. The van der Waals surface area contributed by atoms with Crippen molar-refractivity contribution < 1.29 is 9.90 Å². The molecule has 1 amide bonds. The average molecular weight is 276 g/mol. The molecule has 20 heavy (non-hydrogen) atoms. The van der Waals surface area contributed by atoms with Crippen molar-refractivity contribution in [3.63, 3.8) is 0 Å². The number of carbonyl (C=O) groups excluding carboxylic acids is 1. The van der Waals surface area contributed by atoms with Crippen molar-refractivity contribution in [1.29, 1.82) is 0 Å². The summed E-state index contributed by atoms with van der Waals surface area (Å²) in [7, 11) is 0. The lowest BCUT2D eigenvalue weighted by molar-refractivity contribution is -0.122. The minimum Gasteiger partial charge on any atom is -0.396 e. The number of anilines is 1. The van der Waals surface area contributed by atoms with E-state index in [-0.39, 0.29) is 23.8 Å². The number of nitrogens with one attached hydrogen (secondary N) is 2. The van der Waals surface area contributed by atoms with Gasteiger partial charge >= 0.3 is 0 Å². The highest BCUT2D eigenvalue weighted by Gasteiger charge is 2.31. The van der Waals surface area contributed by atoms with Crippen molar-refractivity contribution in [2.24, 2.45) is 5.41 Å². The summed E-state index contributed by atoms with van der Waals surface area (Å²) in [4.78, 5) is 12.4. The van der Waals surface area contributed by atoms with Crippen LogP contribution in [-0.4, -0.2) is 30.7 Å². The molecule has 0 saturated heterocycles. The highest BCUT2D eigenvalue weighted by Crippen LogP contribution is 2.31. The van der Waals surface area contributed by atoms with Crippen molar-refractivity contribution in [2.45, 2.75) is 32.6 Å². The molecule has 0 aliphatic carbocycles. The van der Waals surface area contributed by atoms with Gasteiger partial charge in [-0.2, -0.15) is 0 Å². The van der Waals surface area contributed by atoms with E-state index < -0.39 is 0 Å². The van der Waals surface area contributed by atoms with Gasteiger partial charge in [-0.1, -0.05) is 32.0 Å². The lowest BCUT2D eigenvalue weighted by Gasteiger charge is -2.30. The maximum atomic E-state index is 12.4. The zero-order valence-corrected chi connectivity index (χ0v) is 12.3. The molecule has 0 saturated carbocycles. The lowest BCUT2D eigenvalue weighted by Crippen LogP contribution is -2.41. The van der Waals surface area contributed by atoms with Gasteiger partial charge in [0.25, 0.3) is 0 Å². The summed E-state index contributed by atoms with van der Waals surface area (Å²) >= 11 is 0. The summed E-state index contributed by atoms with van der Waals surface area (Å²) in [5.41, 5.74) is 1.92. The Hall–Kier alpha value is -1.55. The predicted molar refractivity (Wildman–Crippen MR) is 80.8 cm³/mol. The van der Waals surface area contributed by atoms with Crippen LogP contribution in [0.1, 0.15) is 38.2 Å². The number of amides is 1. The molecular weight excluding hydrogens is 252 g/mol. The first kappa shape index (κ1) is 14.9. The van der Waals surface area contributed by atoms with E-state index in [1.54, 1.807) is 0 Å². The quantitative estimate of drug-likeness (QED) is 0.746. The van der Waals surface area contributed by atoms with E-state index in [2.05, 4.69) is 24.5 Å². The van der Waals surface area contributed by atoms with Crippen LogP contribution in [0.4, 0.5) is 5.69 Å². The number of aliphatic hydroxyl groups excluding tert-OH is 1. The standard InChI is InChI=1S/C16H24N2O2/c1-3-16(4-2,11-19)10-18-15(20)13-9-17-14-8-6-5-7-12(13)14/h5-8,13,17,19H,3-4,9-11H2,1-2H3,(H,18,20). The van der Waals surface area contributed by atoms with Gasteiger partial charge in [0.05, 0.1) is 12.5 Å². The molecule has 1 aliphatic heterocycles. The molecule has 1 aromatic rings. The third-order valence-electron chi connectivity index (χ3n) is 4.62. The number of hydrogen-bond donors (Lipinski definition) is 3. The van der Waals surface area contributed by atoms with E-state index in [0.29, 0.717) is 13.1 Å². The minimum absolute atomic E-state index is 0.0437. The van der Waals surface area contributed by atoms with Gasteiger partial charge in [0.2, 0.25) is 5.91 Å². The third kappa shape index (κ3) is 2.80. The summed E-state index contributed by atoms with van der Waals surface area (Å²) in [5.74, 6) is -0.0847. The Labute approximate surface area is 120 Å². The third-order valence-corrected chi connectivity index (χ3v) is 4.62.